The molecule has 1 saturated heterocycles. The van der Waals surface area contributed by atoms with Crippen molar-refractivity contribution in [2.75, 3.05) is 39.3 Å². The van der Waals surface area contributed by atoms with Gasteiger partial charge in [0.15, 0.2) is 17.7 Å². The summed E-state index contributed by atoms with van der Waals surface area (Å²) in [6, 6.07) is 5.68. The minimum Gasteiger partial charge on any atom is -0.488 e. The second-order valence-electron chi connectivity index (χ2n) is 7.11. The third-order valence-electron chi connectivity index (χ3n) is 4.01. The summed E-state index contributed by atoms with van der Waals surface area (Å²) >= 11 is 0. The number of hydrogen-bond acceptors (Lipinski definition) is 6. The van der Waals surface area contributed by atoms with Crippen molar-refractivity contribution in [3.8, 4) is 5.75 Å². The predicted molar refractivity (Wildman–Crippen MR) is 93.8 cm³/mol. The Labute approximate surface area is 147 Å². The Morgan fingerprint density at radius 3 is 2.72 bits per heavy atom. The van der Waals surface area contributed by atoms with Gasteiger partial charge < -0.3 is 18.8 Å². The van der Waals surface area contributed by atoms with Crippen molar-refractivity contribution in [2.24, 2.45) is 0 Å². The van der Waals surface area contributed by atoms with Crippen molar-refractivity contribution in [3.05, 3.63) is 24.6 Å². The van der Waals surface area contributed by atoms with Gasteiger partial charge in [0.25, 0.3) is 0 Å². The van der Waals surface area contributed by atoms with Crippen LogP contribution >= 0.6 is 0 Å². The van der Waals surface area contributed by atoms with Crippen LogP contribution in [-0.4, -0.2) is 65.8 Å². The second kappa shape index (κ2) is 7.31. The molecule has 0 aliphatic carbocycles. The van der Waals surface area contributed by atoms with Gasteiger partial charge in [0, 0.05) is 32.7 Å². The molecule has 1 fully saturated rings. The van der Waals surface area contributed by atoms with Crippen molar-refractivity contribution in [3.63, 3.8) is 0 Å². The number of carbonyl (C=O) groups excluding carboxylic acids is 1. The zero-order valence-corrected chi connectivity index (χ0v) is 15.0. The largest absolute Gasteiger partial charge is 0.488 e. The van der Waals surface area contributed by atoms with Crippen molar-refractivity contribution < 1.29 is 18.7 Å². The maximum atomic E-state index is 12.1. The quantitative estimate of drug-likeness (QED) is 0.847. The SMILES string of the molecule is CC(C)(C)OC(=O)N1CCN(CCOc2cccc3ncoc23)CC1. The number of amides is 1. The van der Waals surface area contributed by atoms with Gasteiger partial charge >= 0.3 is 6.09 Å². The van der Waals surface area contributed by atoms with Crippen LogP contribution in [0.2, 0.25) is 0 Å². The molecule has 3 rings (SSSR count). The minimum atomic E-state index is -0.455. The summed E-state index contributed by atoms with van der Waals surface area (Å²) in [5, 5.41) is 0. The molecule has 0 atom stereocenters. The highest BCUT2D eigenvalue weighted by Gasteiger charge is 2.25. The molecule has 25 heavy (non-hydrogen) atoms. The maximum absolute atomic E-state index is 12.1. The number of para-hydroxylation sites is 1. The Morgan fingerprint density at radius 2 is 2.00 bits per heavy atom. The zero-order chi connectivity index (χ0) is 17.9. The van der Waals surface area contributed by atoms with Crippen LogP contribution in [0.25, 0.3) is 11.1 Å². The van der Waals surface area contributed by atoms with E-state index in [1.54, 1.807) is 4.90 Å². The highest BCUT2D eigenvalue weighted by Crippen LogP contribution is 2.24. The summed E-state index contributed by atoms with van der Waals surface area (Å²) in [7, 11) is 0. The van der Waals surface area contributed by atoms with Gasteiger partial charge in [-0.3, -0.25) is 4.90 Å². The van der Waals surface area contributed by atoms with E-state index in [1.165, 1.54) is 6.39 Å². The van der Waals surface area contributed by atoms with Crippen LogP contribution in [-0.2, 0) is 4.74 Å². The number of nitrogens with zero attached hydrogens (tertiary/aromatic N) is 3. The zero-order valence-electron chi connectivity index (χ0n) is 15.0. The standard InChI is InChI=1S/C18H25N3O4/c1-18(2,3)25-17(22)21-9-7-20(8-10-21)11-12-23-15-6-4-5-14-16(15)24-13-19-14/h4-6,13H,7-12H2,1-3H3. The summed E-state index contributed by atoms with van der Waals surface area (Å²) < 4.78 is 16.6. The lowest BCUT2D eigenvalue weighted by Crippen LogP contribution is -2.50. The fraction of sp³-hybridized carbons (Fsp3) is 0.556. The van der Waals surface area contributed by atoms with Crippen LogP contribution in [0, 0.1) is 0 Å². The molecule has 0 spiro atoms. The van der Waals surface area contributed by atoms with Gasteiger partial charge in [0.05, 0.1) is 0 Å². The van der Waals surface area contributed by atoms with Gasteiger partial charge in [0.2, 0.25) is 0 Å². The van der Waals surface area contributed by atoms with Gasteiger partial charge in [-0.05, 0) is 32.9 Å². The fourth-order valence-corrected chi connectivity index (χ4v) is 2.74. The van der Waals surface area contributed by atoms with E-state index in [2.05, 4.69) is 9.88 Å². The highest BCUT2D eigenvalue weighted by atomic mass is 16.6. The van der Waals surface area contributed by atoms with E-state index in [-0.39, 0.29) is 6.09 Å². The van der Waals surface area contributed by atoms with E-state index in [9.17, 15) is 4.79 Å². The predicted octanol–water partition coefficient (Wildman–Crippen LogP) is 2.76. The van der Waals surface area contributed by atoms with E-state index >= 15 is 0 Å². The van der Waals surface area contributed by atoms with Crippen LogP contribution < -0.4 is 4.74 Å². The molecule has 0 bridgehead atoms. The molecular weight excluding hydrogens is 322 g/mol. The third-order valence-corrected chi connectivity index (χ3v) is 4.01. The number of carbonyl (C=O) groups is 1. The molecule has 1 aromatic carbocycles. The maximum Gasteiger partial charge on any atom is 0.410 e. The molecule has 2 heterocycles. The number of benzene rings is 1. The number of aromatic nitrogens is 1. The number of rotatable bonds is 4. The summed E-state index contributed by atoms with van der Waals surface area (Å²) in [5.74, 6) is 0.711. The Bertz CT molecular complexity index is 714. The molecule has 2 aromatic rings. The Kier molecular flexibility index (Phi) is 5.13. The van der Waals surface area contributed by atoms with Crippen molar-refractivity contribution in [1.82, 2.24) is 14.8 Å². The molecule has 1 aliphatic heterocycles. The van der Waals surface area contributed by atoms with Crippen LogP contribution in [0.15, 0.2) is 29.0 Å². The Hall–Kier alpha value is -2.28. The molecule has 0 saturated carbocycles. The van der Waals surface area contributed by atoms with Crippen molar-refractivity contribution in [2.45, 2.75) is 26.4 Å². The van der Waals surface area contributed by atoms with E-state index < -0.39 is 5.60 Å². The number of piperazine rings is 1. The summed E-state index contributed by atoms with van der Waals surface area (Å²) in [6.07, 6.45) is 1.19. The molecule has 0 radical (unpaired) electrons. The third kappa shape index (κ3) is 4.63. The lowest BCUT2D eigenvalue weighted by molar-refractivity contribution is 0.0137. The molecule has 1 aliphatic rings. The van der Waals surface area contributed by atoms with Gasteiger partial charge in [0.1, 0.15) is 17.7 Å². The first-order valence-electron chi connectivity index (χ1n) is 8.58. The van der Waals surface area contributed by atoms with E-state index in [4.69, 9.17) is 13.9 Å². The van der Waals surface area contributed by atoms with Crippen LogP contribution in [0.5, 0.6) is 5.75 Å². The first-order chi connectivity index (χ1) is 11.9. The first-order valence-corrected chi connectivity index (χ1v) is 8.58. The normalized spacial score (nSPS) is 16.2. The highest BCUT2D eigenvalue weighted by molar-refractivity contribution is 5.78. The van der Waals surface area contributed by atoms with Crippen molar-refractivity contribution in [1.29, 1.82) is 0 Å². The molecule has 7 heteroatoms. The Morgan fingerprint density at radius 1 is 1.24 bits per heavy atom. The smallest absolute Gasteiger partial charge is 0.410 e. The molecular formula is C18H25N3O4. The molecule has 1 amide bonds. The average Bonchev–Trinajstić information content (AvgIpc) is 3.03. The fourth-order valence-electron chi connectivity index (χ4n) is 2.74. The molecule has 0 N–H and O–H groups in total. The topological polar surface area (TPSA) is 68.0 Å². The van der Waals surface area contributed by atoms with Crippen LogP contribution in [0.1, 0.15) is 20.8 Å². The van der Waals surface area contributed by atoms with Gasteiger partial charge in [-0.1, -0.05) is 6.07 Å². The molecule has 1 aromatic heterocycles. The number of ether oxygens (including phenoxy) is 2. The van der Waals surface area contributed by atoms with Gasteiger partial charge in [-0.2, -0.15) is 0 Å². The van der Waals surface area contributed by atoms with E-state index in [0.29, 0.717) is 31.0 Å². The molecule has 136 valence electrons. The minimum absolute atomic E-state index is 0.236. The van der Waals surface area contributed by atoms with E-state index in [0.717, 1.165) is 25.2 Å². The van der Waals surface area contributed by atoms with Gasteiger partial charge in [-0.15, -0.1) is 0 Å². The summed E-state index contributed by atoms with van der Waals surface area (Å²) in [6.45, 7) is 9.98. The second-order valence-corrected chi connectivity index (χ2v) is 7.11. The first kappa shape index (κ1) is 17.5. The Balaban J connectivity index is 1.42. The van der Waals surface area contributed by atoms with Crippen LogP contribution in [0.4, 0.5) is 4.79 Å². The number of oxazole rings is 1. The average molecular weight is 347 g/mol. The monoisotopic (exact) mass is 347 g/mol. The summed E-state index contributed by atoms with van der Waals surface area (Å²) in [5.41, 5.74) is 1.02. The van der Waals surface area contributed by atoms with Crippen LogP contribution in [0.3, 0.4) is 0 Å². The number of hydrogen-bond donors (Lipinski definition) is 0. The lowest BCUT2D eigenvalue weighted by atomic mass is 10.2. The lowest BCUT2D eigenvalue weighted by Gasteiger charge is -2.35. The van der Waals surface area contributed by atoms with Gasteiger partial charge in [-0.25, -0.2) is 9.78 Å². The van der Waals surface area contributed by atoms with E-state index in [1.807, 2.05) is 39.0 Å². The number of fused-ring (bicyclic) bond motifs is 1. The van der Waals surface area contributed by atoms with Crippen molar-refractivity contribution >= 4 is 17.2 Å². The summed E-state index contributed by atoms with van der Waals surface area (Å²) in [4.78, 5) is 20.2. The molecule has 7 nitrogen and oxygen atoms in total. The molecule has 0 unspecified atom stereocenters.